The molecule has 0 aliphatic heterocycles. The van der Waals surface area contributed by atoms with E-state index in [9.17, 15) is 9.59 Å². The number of benzene rings is 1. The van der Waals surface area contributed by atoms with Gasteiger partial charge in [-0.3, -0.25) is 9.59 Å². The van der Waals surface area contributed by atoms with E-state index in [2.05, 4.69) is 31.3 Å². The van der Waals surface area contributed by atoms with Crippen molar-refractivity contribution >= 4 is 17.5 Å². The Kier molecular flexibility index (Phi) is 3.51. The Balaban J connectivity index is 2.18. The van der Waals surface area contributed by atoms with E-state index < -0.39 is 5.91 Å². The number of nitrogens with zero attached hydrogens (tertiary/aromatic N) is 3. The van der Waals surface area contributed by atoms with Crippen LogP contribution in [0.4, 0.5) is 5.69 Å². The summed E-state index contributed by atoms with van der Waals surface area (Å²) in [7, 11) is 1.56. The first-order chi connectivity index (χ1) is 9.11. The van der Waals surface area contributed by atoms with Gasteiger partial charge in [-0.15, -0.1) is 10.2 Å². The van der Waals surface area contributed by atoms with E-state index in [1.807, 2.05) is 0 Å². The molecule has 19 heavy (non-hydrogen) atoms. The van der Waals surface area contributed by atoms with Gasteiger partial charge in [0.1, 0.15) is 0 Å². The summed E-state index contributed by atoms with van der Waals surface area (Å²) < 4.78 is 0. The highest BCUT2D eigenvalue weighted by Crippen LogP contribution is 2.17. The fourth-order valence-electron chi connectivity index (χ4n) is 1.53. The van der Waals surface area contributed by atoms with E-state index in [0.29, 0.717) is 11.3 Å². The lowest BCUT2D eigenvalue weighted by atomic mass is 10.1. The van der Waals surface area contributed by atoms with Crippen molar-refractivity contribution in [2.45, 2.75) is 6.92 Å². The highest BCUT2D eigenvalue weighted by molar-refractivity contribution is 6.02. The molecule has 0 atom stereocenters. The zero-order valence-electron chi connectivity index (χ0n) is 10.4. The van der Waals surface area contributed by atoms with Crippen molar-refractivity contribution in [1.82, 2.24) is 25.9 Å². The summed E-state index contributed by atoms with van der Waals surface area (Å²) in [5.74, 6) is -0.696. The quantitative estimate of drug-likeness (QED) is 0.725. The lowest BCUT2D eigenvalue weighted by Crippen LogP contribution is -2.18. The summed E-state index contributed by atoms with van der Waals surface area (Å²) in [4.78, 5) is 23.2. The van der Waals surface area contributed by atoms with Crippen molar-refractivity contribution < 1.29 is 9.59 Å². The van der Waals surface area contributed by atoms with Gasteiger partial charge in [0.25, 0.3) is 17.6 Å². The smallest absolute Gasteiger partial charge is 0.297 e. The summed E-state index contributed by atoms with van der Waals surface area (Å²) in [5, 5.41) is 17.8. The lowest BCUT2D eigenvalue weighted by Gasteiger charge is -2.08. The molecule has 8 heteroatoms. The van der Waals surface area contributed by atoms with Crippen LogP contribution in [0.2, 0.25) is 0 Å². The molecule has 0 aliphatic carbocycles. The number of hydrogen-bond donors (Lipinski definition) is 3. The fourth-order valence-corrected chi connectivity index (χ4v) is 1.53. The minimum atomic E-state index is -0.468. The Morgan fingerprint density at radius 1 is 1.26 bits per heavy atom. The van der Waals surface area contributed by atoms with Crippen molar-refractivity contribution in [2.24, 2.45) is 0 Å². The average Bonchev–Trinajstić information content (AvgIpc) is 2.94. The van der Waals surface area contributed by atoms with Crippen molar-refractivity contribution in [1.29, 1.82) is 0 Å². The molecule has 2 amide bonds. The van der Waals surface area contributed by atoms with Gasteiger partial charge in [-0.2, -0.15) is 5.21 Å². The number of anilines is 1. The second-order valence-corrected chi connectivity index (χ2v) is 3.80. The standard InChI is InChI=1S/C11H12N6O2/c1-6-5-7(10(18)12-2)3-4-8(6)13-11(19)9-14-16-17-15-9/h3-5H,1-2H3,(H,12,18)(H,13,19)(H,14,15,16,17). The predicted octanol–water partition coefficient (Wildman–Crippen LogP) is 0.120. The Bertz CT molecular complexity index is 608. The molecule has 3 N–H and O–H groups in total. The van der Waals surface area contributed by atoms with Crippen LogP contribution in [0, 0.1) is 6.92 Å². The first-order valence-corrected chi connectivity index (χ1v) is 5.49. The summed E-state index contributed by atoms with van der Waals surface area (Å²) in [5.41, 5.74) is 1.87. The number of carbonyl (C=O) groups is 2. The number of aryl methyl sites for hydroxylation is 1. The number of H-pyrrole nitrogens is 1. The van der Waals surface area contributed by atoms with E-state index in [1.54, 1.807) is 32.2 Å². The average molecular weight is 260 g/mol. The minimum Gasteiger partial charge on any atom is -0.355 e. The van der Waals surface area contributed by atoms with E-state index in [4.69, 9.17) is 0 Å². The first kappa shape index (κ1) is 12.7. The van der Waals surface area contributed by atoms with Crippen LogP contribution in [0.3, 0.4) is 0 Å². The molecule has 0 spiro atoms. The third-order valence-electron chi connectivity index (χ3n) is 2.51. The van der Waals surface area contributed by atoms with Gasteiger partial charge >= 0.3 is 0 Å². The number of rotatable bonds is 3. The number of carbonyl (C=O) groups excluding carboxylic acids is 2. The van der Waals surface area contributed by atoms with Crippen LogP contribution in [0.15, 0.2) is 18.2 Å². The van der Waals surface area contributed by atoms with Gasteiger partial charge in [-0.1, -0.05) is 0 Å². The molecule has 1 aromatic heterocycles. The third kappa shape index (κ3) is 2.73. The number of amides is 2. The molecule has 0 radical (unpaired) electrons. The maximum atomic E-state index is 11.7. The highest BCUT2D eigenvalue weighted by atomic mass is 16.2. The number of tetrazole rings is 1. The van der Waals surface area contributed by atoms with Gasteiger partial charge in [-0.25, -0.2) is 0 Å². The second-order valence-electron chi connectivity index (χ2n) is 3.80. The first-order valence-electron chi connectivity index (χ1n) is 5.49. The number of hydrogen-bond acceptors (Lipinski definition) is 5. The Labute approximate surface area is 108 Å². The summed E-state index contributed by atoms with van der Waals surface area (Å²) >= 11 is 0. The normalized spacial score (nSPS) is 10.0. The van der Waals surface area contributed by atoms with Crippen molar-refractivity contribution in [3.8, 4) is 0 Å². The molecule has 0 unspecified atom stereocenters. The Morgan fingerprint density at radius 2 is 2.05 bits per heavy atom. The largest absolute Gasteiger partial charge is 0.355 e. The molecule has 98 valence electrons. The maximum Gasteiger partial charge on any atom is 0.297 e. The second kappa shape index (κ2) is 5.25. The van der Waals surface area contributed by atoms with Crippen LogP contribution in [0.1, 0.15) is 26.5 Å². The molecule has 0 saturated carbocycles. The monoisotopic (exact) mass is 260 g/mol. The minimum absolute atomic E-state index is 0.0465. The summed E-state index contributed by atoms with van der Waals surface area (Å²) in [6, 6.07) is 4.96. The maximum absolute atomic E-state index is 11.7. The molecule has 0 aliphatic rings. The van der Waals surface area contributed by atoms with E-state index in [-0.39, 0.29) is 11.7 Å². The highest BCUT2D eigenvalue weighted by Gasteiger charge is 2.13. The topological polar surface area (TPSA) is 113 Å². The summed E-state index contributed by atoms with van der Waals surface area (Å²) in [6.45, 7) is 1.79. The van der Waals surface area contributed by atoms with Crippen LogP contribution in [0.5, 0.6) is 0 Å². The Hall–Kier alpha value is -2.77. The number of aromatic nitrogens is 4. The van der Waals surface area contributed by atoms with E-state index in [1.165, 1.54) is 0 Å². The van der Waals surface area contributed by atoms with Gasteiger partial charge in [0.05, 0.1) is 0 Å². The molecule has 1 aromatic carbocycles. The molecular formula is C11H12N6O2. The molecule has 1 heterocycles. The number of nitrogens with one attached hydrogen (secondary N) is 3. The molecular weight excluding hydrogens is 248 g/mol. The molecule has 2 aromatic rings. The molecule has 2 rings (SSSR count). The fraction of sp³-hybridized carbons (Fsp3) is 0.182. The zero-order valence-corrected chi connectivity index (χ0v) is 10.4. The van der Waals surface area contributed by atoms with E-state index in [0.717, 1.165) is 5.56 Å². The van der Waals surface area contributed by atoms with Gasteiger partial charge in [0, 0.05) is 18.3 Å². The summed E-state index contributed by atoms with van der Waals surface area (Å²) in [6.07, 6.45) is 0. The van der Waals surface area contributed by atoms with Gasteiger partial charge in [-0.05, 0) is 35.9 Å². The lowest BCUT2D eigenvalue weighted by molar-refractivity contribution is 0.0962. The third-order valence-corrected chi connectivity index (χ3v) is 2.51. The zero-order chi connectivity index (χ0) is 13.8. The predicted molar refractivity (Wildman–Crippen MR) is 66.7 cm³/mol. The van der Waals surface area contributed by atoms with Crippen molar-refractivity contribution in [2.75, 3.05) is 12.4 Å². The van der Waals surface area contributed by atoms with Crippen LogP contribution in [-0.2, 0) is 0 Å². The van der Waals surface area contributed by atoms with Crippen LogP contribution >= 0.6 is 0 Å². The number of aromatic amines is 1. The van der Waals surface area contributed by atoms with Gasteiger partial charge in [0.2, 0.25) is 0 Å². The molecule has 0 fully saturated rings. The molecule has 0 saturated heterocycles. The van der Waals surface area contributed by atoms with E-state index >= 15 is 0 Å². The van der Waals surface area contributed by atoms with Crippen LogP contribution < -0.4 is 10.6 Å². The van der Waals surface area contributed by atoms with Gasteiger partial charge < -0.3 is 10.6 Å². The van der Waals surface area contributed by atoms with Crippen molar-refractivity contribution in [3.63, 3.8) is 0 Å². The van der Waals surface area contributed by atoms with Crippen molar-refractivity contribution in [3.05, 3.63) is 35.2 Å². The van der Waals surface area contributed by atoms with Crippen LogP contribution in [0.25, 0.3) is 0 Å². The SMILES string of the molecule is CNC(=O)c1ccc(NC(=O)c2nn[nH]n2)c(C)c1. The van der Waals surface area contributed by atoms with Crippen LogP contribution in [-0.4, -0.2) is 39.5 Å². The molecule has 0 bridgehead atoms. The Morgan fingerprint density at radius 3 is 2.63 bits per heavy atom. The van der Waals surface area contributed by atoms with Gasteiger partial charge in [0.15, 0.2) is 0 Å². The molecule has 8 nitrogen and oxygen atoms in total.